The molecule has 5 heteroatoms. The van der Waals surface area contributed by atoms with Crippen LogP contribution in [0, 0.1) is 6.92 Å². The van der Waals surface area contributed by atoms with Crippen molar-refractivity contribution in [3.8, 4) is 5.75 Å². The number of benzene rings is 2. The SMILES string of the molecule is Cc1cc(OC(C)C(=O)NCCCc2ccccc2Cl)ccc1Cl. The monoisotopic (exact) mass is 365 g/mol. The molecule has 0 saturated heterocycles. The molecule has 0 radical (unpaired) electrons. The highest BCUT2D eigenvalue weighted by Crippen LogP contribution is 2.22. The number of aryl methyl sites for hydroxylation is 2. The fourth-order valence-electron chi connectivity index (χ4n) is 2.28. The summed E-state index contributed by atoms with van der Waals surface area (Å²) in [6.07, 6.45) is 1.08. The van der Waals surface area contributed by atoms with Crippen LogP contribution in [0.25, 0.3) is 0 Å². The largest absolute Gasteiger partial charge is 0.481 e. The number of halogens is 2. The summed E-state index contributed by atoms with van der Waals surface area (Å²) in [6.45, 7) is 4.21. The fourth-order valence-corrected chi connectivity index (χ4v) is 2.63. The number of carbonyl (C=O) groups excluding carboxylic acids is 1. The number of amides is 1. The first kappa shape index (κ1) is 18.6. The average Bonchev–Trinajstić information content (AvgIpc) is 2.56. The molecule has 24 heavy (non-hydrogen) atoms. The van der Waals surface area contributed by atoms with Gasteiger partial charge in [-0.15, -0.1) is 0 Å². The van der Waals surface area contributed by atoms with Crippen LogP contribution in [0.5, 0.6) is 5.75 Å². The molecule has 1 unspecified atom stereocenters. The molecule has 0 aliphatic rings. The van der Waals surface area contributed by atoms with Gasteiger partial charge in [-0.05, 0) is 62.1 Å². The molecule has 128 valence electrons. The molecular formula is C19H21Cl2NO2. The van der Waals surface area contributed by atoms with Gasteiger partial charge < -0.3 is 10.1 Å². The predicted octanol–water partition coefficient (Wildman–Crippen LogP) is 4.82. The van der Waals surface area contributed by atoms with Crippen molar-refractivity contribution in [1.82, 2.24) is 5.32 Å². The Morgan fingerprint density at radius 1 is 1.17 bits per heavy atom. The van der Waals surface area contributed by atoms with Gasteiger partial charge in [-0.1, -0.05) is 41.4 Å². The molecule has 0 aromatic heterocycles. The maximum Gasteiger partial charge on any atom is 0.260 e. The molecule has 0 aliphatic heterocycles. The highest BCUT2D eigenvalue weighted by molar-refractivity contribution is 6.31. The second-order valence-corrected chi connectivity index (χ2v) is 6.47. The van der Waals surface area contributed by atoms with Crippen molar-refractivity contribution in [3.05, 3.63) is 63.6 Å². The fraction of sp³-hybridized carbons (Fsp3) is 0.316. The first-order valence-corrected chi connectivity index (χ1v) is 8.67. The summed E-state index contributed by atoms with van der Waals surface area (Å²) in [6, 6.07) is 13.1. The molecule has 0 fully saturated rings. The molecule has 0 aliphatic carbocycles. The third-order valence-electron chi connectivity index (χ3n) is 3.69. The number of hydrogen-bond acceptors (Lipinski definition) is 2. The summed E-state index contributed by atoms with van der Waals surface area (Å²) in [5.74, 6) is 0.498. The molecule has 1 N–H and O–H groups in total. The standard InChI is InChI=1S/C19H21Cl2NO2/c1-13-12-16(9-10-17(13)20)24-14(2)19(23)22-11-5-7-15-6-3-4-8-18(15)21/h3-4,6,8-10,12,14H,5,7,11H2,1-2H3,(H,22,23). The summed E-state index contributed by atoms with van der Waals surface area (Å²) in [5, 5.41) is 4.33. The number of hydrogen-bond donors (Lipinski definition) is 1. The molecule has 0 saturated carbocycles. The Morgan fingerprint density at radius 2 is 1.92 bits per heavy atom. The molecule has 0 spiro atoms. The lowest BCUT2D eigenvalue weighted by Gasteiger charge is -2.15. The molecular weight excluding hydrogens is 345 g/mol. The topological polar surface area (TPSA) is 38.3 Å². The van der Waals surface area contributed by atoms with E-state index in [9.17, 15) is 4.79 Å². The second-order valence-electron chi connectivity index (χ2n) is 5.66. The van der Waals surface area contributed by atoms with E-state index in [4.69, 9.17) is 27.9 Å². The van der Waals surface area contributed by atoms with Crippen LogP contribution in [-0.2, 0) is 11.2 Å². The van der Waals surface area contributed by atoms with Crippen molar-refractivity contribution < 1.29 is 9.53 Å². The average molecular weight is 366 g/mol. The summed E-state index contributed by atoms with van der Waals surface area (Å²) >= 11 is 12.1. The summed E-state index contributed by atoms with van der Waals surface area (Å²) < 4.78 is 5.65. The van der Waals surface area contributed by atoms with E-state index in [1.54, 1.807) is 19.1 Å². The number of rotatable bonds is 7. The molecule has 1 amide bonds. The quantitative estimate of drug-likeness (QED) is 0.714. The van der Waals surface area contributed by atoms with E-state index in [-0.39, 0.29) is 5.91 Å². The van der Waals surface area contributed by atoms with Gasteiger partial charge in [0.05, 0.1) is 0 Å². The van der Waals surface area contributed by atoms with E-state index in [1.165, 1.54) is 0 Å². The minimum Gasteiger partial charge on any atom is -0.481 e. The summed E-state index contributed by atoms with van der Waals surface area (Å²) in [7, 11) is 0. The molecule has 1 atom stereocenters. The smallest absolute Gasteiger partial charge is 0.260 e. The molecule has 0 heterocycles. The van der Waals surface area contributed by atoms with Crippen LogP contribution in [0.3, 0.4) is 0 Å². The minimum absolute atomic E-state index is 0.137. The first-order chi connectivity index (χ1) is 11.5. The van der Waals surface area contributed by atoms with Crippen molar-refractivity contribution in [3.63, 3.8) is 0 Å². The van der Waals surface area contributed by atoms with Gasteiger partial charge in [-0.3, -0.25) is 4.79 Å². The van der Waals surface area contributed by atoms with E-state index >= 15 is 0 Å². The first-order valence-electron chi connectivity index (χ1n) is 7.91. The van der Waals surface area contributed by atoms with Gasteiger partial charge in [-0.25, -0.2) is 0 Å². The third-order valence-corrected chi connectivity index (χ3v) is 4.48. The highest BCUT2D eigenvalue weighted by atomic mass is 35.5. The van der Waals surface area contributed by atoms with Crippen molar-refractivity contribution in [2.45, 2.75) is 32.8 Å². The van der Waals surface area contributed by atoms with Crippen LogP contribution < -0.4 is 10.1 Å². The lowest BCUT2D eigenvalue weighted by molar-refractivity contribution is -0.127. The zero-order valence-corrected chi connectivity index (χ0v) is 15.3. The van der Waals surface area contributed by atoms with Crippen molar-refractivity contribution in [1.29, 1.82) is 0 Å². The zero-order valence-electron chi connectivity index (χ0n) is 13.8. The predicted molar refractivity (Wildman–Crippen MR) is 99.1 cm³/mol. The van der Waals surface area contributed by atoms with Gasteiger partial charge in [0.2, 0.25) is 0 Å². The Bertz CT molecular complexity index is 704. The Labute approximate surface area is 152 Å². The van der Waals surface area contributed by atoms with Gasteiger partial charge in [0.15, 0.2) is 6.10 Å². The molecule has 2 aromatic rings. The van der Waals surface area contributed by atoms with Gasteiger partial charge in [0, 0.05) is 16.6 Å². The van der Waals surface area contributed by atoms with Crippen molar-refractivity contribution >= 4 is 29.1 Å². The van der Waals surface area contributed by atoms with E-state index in [1.807, 2.05) is 37.3 Å². The van der Waals surface area contributed by atoms with E-state index in [0.717, 1.165) is 29.0 Å². The normalized spacial score (nSPS) is 11.8. The van der Waals surface area contributed by atoms with Crippen LogP contribution in [0.1, 0.15) is 24.5 Å². The van der Waals surface area contributed by atoms with Gasteiger partial charge in [-0.2, -0.15) is 0 Å². The van der Waals surface area contributed by atoms with Gasteiger partial charge >= 0.3 is 0 Å². The molecule has 2 rings (SSSR count). The Morgan fingerprint density at radius 3 is 2.62 bits per heavy atom. The molecule has 3 nitrogen and oxygen atoms in total. The van der Waals surface area contributed by atoms with Crippen molar-refractivity contribution in [2.24, 2.45) is 0 Å². The summed E-state index contributed by atoms with van der Waals surface area (Å²) in [4.78, 5) is 12.1. The highest BCUT2D eigenvalue weighted by Gasteiger charge is 2.14. The minimum atomic E-state index is -0.564. The number of ether oxygens (including phenoxy) is 1. The number of nitrogens with one attached hydrogen (secondary N) is 1. The van der Waals surface area contributed by atoms with Crippen LogP contribution in [0.15, 0.2) is 42.5 Å². The molecule has 2 aromatic carbocycles. The Hall–Kier alpha value is -1.71. The van der Waals surface area contributed by atoms with Crippen molar-refractivity contribution in [2.75, 3.05) is 6.54 Å². The van der Waals surface area contributed by atoms with Crippen LogP contribution in [-0.4, -0.2) is 18.6 Å². The van der Waals surface area contributed by atoms with Crippen LogP contribution >= 0.6 is 23.2 Å². The maximum absolute atomic E-state index is 12.1. The number of carbonyl (C=O) groups is 1. The Balaban J connectivity index is 1.75. The zero-order chi connectivity index (χ0) is 17.5. The lowest BCUT2D eigenvalue weighted by atomic mass is 10.1. The van der Waals surface area contributed by atoms with Gasteiger partial charge in [0.1, 0.15) is 5.75 Å². The third kappa shape index (κ3) is 5.43. The van der Waals surface area contributed by atoms with Gasteiger partial charge in [0.25, 0.3) is 5.91 Å². The van der Waals surface area contributed by atoms with Crippen LogP contribution in [0.4, 0.5) is 0 Å². The second kappa shape index (κ2) is 8.95. The van der Waals surface area contributed by atoms with E-state index in [0.29, 0.717) is 17.3 Å². The summed E-state index contributed by atoms with van der Waals surface area (Å²) in [5.41, 5.74) is 2.01. The molecule has 0 bridgehead atoms. The maximum atomic E-state index is 12.1. The van der Waals surface area contributed by atoms with E-state index < -0.39 is 6.10 Å². The lowest BCUT2D eigenvalue weighted by Crippen LogP contribution is -2.36. The van der Waals surface area contributed by atoms with Crippen LogP contribution in [0.2, 0.25) is 10.0 Å². The van der Waals surface area contributed by atoms with E-state index in [2.05, 4.69) is 5.32 Å². The Kier molecular flexibility index (Phi) is 6.95.